The van der Waals surface area contributed by atoms with E-state index in [2.05, 4.69) is 152 Å². The molecule has 3 aromatic carbocycles. The SMILES string of the molecule is C\C=C/C(=C\C=C\c1ccc(C2C=CCCC2)s1)N(c1ccccc1)c1ccc(-c2ccc(C)cc2)cc1. The number of benzene rings is 3. The van der Waals surface area contributed by atoms with Crippen LogP contribution in [0.25, 0.3) is 17.2 Å². The van der Waals surface area contributed by atoms with Crippen molar-refractivity contribution in [2.24, 2.45) is 0 Å². The van der Waals surface area contributed by atoms with Gasteiger partial charge in [0.05, 0.1) is 0 Å². The normalized spacial score (nSPS) is 15.9. The molecule has 0 bridgehead atoms. The molecule has 0 fully saturated rings. The number of nitrogens with zero attached hydrogens (tertiary/aromatic N) is 1. The highest BCUT2D eigenvalue weighted by atomic mass is 32.1. The topological polar surface area (TPSA) is 3.24 Å². The number of hydrogen-bond acceptors (Lipinski definition) is 2. The van der Waals surface area contributed by atoms with Crippen molar-refractivity contribution < 1.29 is 0 Å². The molecule has 1 aromatic heterocycles. The van der Waals surface area contributed by atoms with Crippen LogP contribution in [0, 0.1) is 6.92 Å². The lowest BCUT2D eigenvalue weighted by Crippen LogP contribution is -2.15. The van der Waals surface area contributed by atoms with E-state index in [4.69, 9.17) is 0 Å². The summed E-state index contributed by atoms with van der Waals surface area (Å²) in [5.74, 6) is 0.585. The van der Waals surface area contributed by atoms with Crippen LogP contribution in [0.15, 0.2) is 133 Å². The fraction of sp³-hybridized carbons (Fsp3) is 0.167. The van der Waals surface area contributed by atoms with Gasteiger partial charge in [0.2, 0.25) is 0 Å². The van der Waals surface area contributed by atoms with Crippen LogP contribution >= 0.6 is 11.3 Å². The van der Waals surface area contributed by atoms with Gasteiger partial charge in [0.15, 0.2) is 0 Å². The molecule has 38 heavy (non-hydrogen) atoms. The molecule has 0 N–H and O–H groups in total. The highest BCUT2D eigenvalue weighted by Crippen LogP contribution is 2.34. The number of aryl methyl sites for hydroxylation is 1. The first-order valence-electron chi connectivity index (χ1n) is 13.5. The third-order valence-corrected chi connectivity index (χ3v) is 8.10. The van der Waals surface area contributed by atoms with Crippen LogP contribution in [-0.4, -0.2) is 0 Å². The average Bonchev–Trinajstić information content (AvgIpc) is 3.44. The Morgan fingerprint density at radius 3 is 2.24 bits per heavy atom. The summed E-state index contributed by atoms with van der Waals surface area (Å²) >= 11 is 1.91. The number of hydrogen-bond donors (Lipinski definition) is 0. The number of allylic oxidation sites excluding steroid dienone is 6. The Labute approximate surface area is 231 Å². The molecule has 1 aliphatic carbocycles. The molecule has 5 rings (SSSR count). The largest absolute Gasteiger partial charge is 0.311 e. The number of anilines is 2. The maximum Gasteiger partial charge on any atom is 0.0462 e. The van der Waals surface area contributed by atoms with Gasteiger partial charge < -0.3 is 4.90 Å². The summed E-state index contributed by atoms with van der Waals surface area (Å²) in [4.78, 5) is 5.08. The van der Waals surface area contributed by atoms with Gasteiger partial charge in [-0.15, -0.1) is 11.3 Å². The van der Waals surface area contributed by atoms with Gasteiger partial charge >= 0.3 is 0 Å². The Balaban J connectivity index is 1.44. The fourth-order valence-corrected chi connectivity index (χ4v) is 5.94. The Hall–Kier alpha value is -3.88. The highest BCUT2D eigenvalue weighted by molar-refractivity contribution is 7.13. The van der Waals surface area contributed by atoms with E-state index < -0.39 is 0 Å². The zero-order valence-electron chi connectivity index (χ0n) is 22.3. The van der Waals surface area contributed by atoms with E-state index in [0.717, 1.165) is 17.1 Å². The minimum atomic E-state index is 0.585. The molecule has 0 spiro atoms. The van der Waals surface area contributed by atoms with Gasteiger partial charge in [-0.3, -0.25) is 0 Å². The van der Waals surface area contributed by atoms with E-state index in [1.54, 1.807) is 0 Å². The van der Waals surface area contributed by atoms with Crippen LogP contribution < -0.4 is 4.90 Å². The molecule has 1 nitrogen and oxygen atoms in total. The van der Waals surface area contributed by atoms with Crippen molar-refractivity contribution in [1.82, 2.24) is 0 Å². The van der Waals surface area contributed by atoms with Crippen LogP contribution in [0.3, 0.4) is 0 Å². The molecule has 0 saturated heterocycles. The van der Waals surface area contributed by atoms with Crippen LogP contribution in [0.5, 0.6) is 0 Å². The van der Waals surface area contributed by atoms with Gasteiger partial charge in [-0.05, 0) is 98.9 Å². The van der Waals surface area contributed by atoms with Crippen molar-refractivity contribution in [2.75, 3.05) is 4.90 Å². The first-order valence-corrected chi connectivity index (χ1v) is 14.3. The molecule has 0 aliphatic heterocycles. The molecule has 1 heterocycles. The van der Waals surface area contributed by atoms with Gasteiger partial charge in [0.25, 0.3) is 0 Å². The van der Waals surface area contributed by atoms with Crippen LogP contribution in [-0.2, 0) is 0 Å². The fourth-order valence-electron chi connectivity index (χ4n) is 4.90. The second kappa shape index (κ2) is 12.6. The number of rotatable bonds is 8. The summed E-state index contributed by atoms with van der Waals surface area (Å²) in [6, 6.07) is 32.7. The number of thiophene rings is 1. The van der Waals surface area contributed by atoms with E-state index in [1.807, 2.05) is 11.3 Å². The first kappa shape index (κ1) is 25.8. The van der Waals surface area contributed by atoms with Crippen molar-refractivity contribution in [3.8, 4) is 11.1 Å². The lowest BCUT2D eigenvalue weighted by atomic mass is 9.95. The standard InChI is InChI=1S/C36H35NS/c1-3-11-32(16-10-17-35-26-27-36(38-35)31-12-6-4-7-13-31)37(33-14-8-5-9-15-33)34-24-22-30(23-25-34)29-20-18-28(2)19-21-29/h3,5-6,8-12,14-27,31H,4,7,13H2,1-2H3/b11-3-,17-10+,32-16+. The molecular weight excluding hydrogens is 478 g/mol. The maximum atomic E-state index is 2.38. The lowest BCUT2D eigenvalue weighted by molar-refractivity contribution is 0.662. The lowest BCUT2D eigenvalue weighted by Gasteiger charge is -2.26. The summed E-state index contributed by atoms with van der Waals surface area (Å²) in [5, 5.41) is 0. The molecule has 1 atom stereocenters. The van der Waals surface area contributed by atoms with Crippen molar-refractivity contribution in [2.45, 2.75) is 39.0 Å². The van der Waals surface area contributed by atoms with E-state index in [9.17, 15) is 0 Å². The zero-order chi connectivity index (χ0) is 26.2. The van der Waals surface area contributed by atoms with Gasteiger partial charge in [0.1, 0.15) is 0 Å². The Morgan fingerprint density at radius 2 is 1.55 bits per heavy atom. The Kier molecular flexibility index (Phi) is 8.53. The first-order chi connectivity index (χ1) is 18.7. The molecule has 1 aliphatic rings. The Morgan fingerprint density at radius 1 is 0.842 bits per heavy atom. The predicted octanol–water partition coefficient (Wildman–Crippen LogP) is 10.9. The van der Waals surface area contributed by atoms with E-state index in [-0.39, 0.29) is 0 Å². The van der Waals surface area contributed by atoms with E-state index in [0.29, 0.717) is 5.92 Å². The summed E-state index contributed by atoms with van der Waals surface area (Å²) in [7, 11) is 0. The van der Waals surface area contributed by atoms with Crippen molar-refractivity contribution in [1.29, 1.82) is 0 Å². The molecule has 0 saturated carbocycles. The van der Waals surface area contributed by atoms with Crippen molar-refractivity contribution >= 4 is 28.8 Å². The molecule has 0 amide bonds. The Bertz CT molecular complexity index is 1430. The van der Waals surface area contributed by atoms with Gasteiger partial charge in [0, 0.05) is 32.7 Å². The second-order valence-corrected chi connectivity index (χ2v) is 10.9. The molecule has 4 aromatic rings. The summed E-state index contributed by atoms with van der Waals surface area (Å²) < 4.78 is 0. The molecule has 190 valence electrons. The van der Waals surface area contributed by atoms with Crippen LogP contribution in [0.2, 0.25) is 0 Å². The third-order valence-electron chi connectivity index (χ3n) is 6.92. The van der Waals surface area contributed by atoms with Gasteiger partial charge in [-0.2, -0.15) is 0 Å². The van der Waals surface area contributed by atoms with E-state index in [1.165, 1.54) is 45.7 Å². The predicted molar refractivity (Wildman–Crippen MR) is 167 cm³/mol. The van der Waals surface area contributed by atoms with Crippen molar-refractivity contribution in [3.05, 3.63) is 148 Å². The monoisotopic (exact) mass is 513 g/mol. The quantitative estimate of drug-likeness (QED) is 0.167. The second-order valence-electron chi connectivity index (χ2n) is 9.74. The van der Waals surface area contributed by atoms with Crippen LogP contribution in [0.1, 0.15) is 47.4 Å². The zero-order valence-corrected chi connectivity index (χ0v) is 23.1. The average molecular weight is 514 g/mol. The van der Waals surface area contributed by atoms with Crippen molar-refractivity contribution in [3.63, 3.8) is 0 Å². The summed E-state index contributed by atoms with van der Waals surface area (Å²) in [5.41, 5.74) is 7.12. The molecule has 2 heteroatoms. The number of para-hydroxylation sites is 1. The third kappa shape index (κ3) is 6.33. The maximum absolute atomic E-state index is 2.38. The summed E-state index contributed by atoms with van der Waals surface area (Å²) in [6.45, 7) is 4.20. The van der Waals surface area contributed by atoms with E-state index >= 15 is 0 Å². The molecular formula is C36H35NS. The minimum absolute atomic E-state index is 0.585. The minimum Gasteiger partial charge on any atom is -0.311 e. The highest BCUT2D eigenvalue weighted by Gasteiger charge is 2.14. The van der Waals surface area contributed by atoms with Gasteiger partial charge in [-0.1, -0.05) is 84.5 Å². The smallest absolute Gasteiger partial charge is 0.0462 e. The van der Waals surface area contributed by atoms with Gasteiger partial charge in [-0.25, -0.2) is 0 Å². The molecule has 0 radical (unpaired) electrons. The summed E-state index contributed by atoms with van der Waals surface area (Å²) in [6.07, 6.45) is 19.4. The van der Waals surface area contributed by atoms with Crippen LogP contribution in [0.4, 0.5) is 11.4 Å². The molecule has 1 unspecified atom stereocenters.